The predicted octanol–water partition coefficient (Wildman–Crippen LogP) is 2.03. The smallest absolute Gasteiger partial charge is 0.413 e. The van der Waals surface area contributed by atoms with Crippen LogP contribution in [0.4, 0.5) is 10.7 Å². The molecule has 0 fully saturated rings. The van der Waals surface area contributed by atoms with Crippen molar-refractivity contribution in [3.63, 3.8) is 0 Å². The van der Waals surface area contributed by atoms with Gasteiger partial charge in [-0.3, -0.25) is 5.32 Å². The summed E-state index contributed by atoms with van der Waals surface area (Å²) in [6, 6.07) is 5.53. The number of nitrogens with one attached hydrogen (secondary N) is 2. The van der Waals surface area contributed by atoms with Crippen LogP contribution in [-0.2, 0) is 4.74 Å². The van der Waals surface area contributed by atoms with Gasteiger partial charge in [0.1, 0.15) is 5.52 Å². The van der Waals surface area contributed by atoms with Crippen molar-refractivity contribution in [2.45, 2.75) is 4.90 Å². The zero-order valence-corrected chi connectivity index (χ0v) is 8.84. The molecule has 0 unspecified atom stereocenters. The first kappa shape index (κ1) is 9.85. The molecule has 0 saturated carbocycles. The Labute approximate surface area is 91.3 Å². The fourth-order valence-corrected chi connectivity index (χ4v) is 1.48. The SMILES string of the molecule is COC(=O)Nc1nc2c(S)cccc2[nH]1. The number of amides is 1. The molecule has 2 rings (SSSR count). The van der Waals surface area contributed by atoms with Gasteiger partial charge in [-0.25, -0.2) is 9.78 Å². The number of H-pyrrole nitrogens is 1. The lowest BCUT2D eigenvalue weighted by molar-refractivity contribution is 0.186. The third-order valence-electron chi connectivity index (χ3n) is 1.90. The first-order valence-corrected chi connectivity index (χ1v) is 4.68. The van der Waals surface area contributed by atoms with Crippen molar-refractivity contribution >= 4 is 35.7 Å². The topological polar surface area (TPSA) is 67.0 Å². The number of aromatic nitrogens is 2. The maximum absolute atomic E-state index is 10.9. The van der Waals surface area contributed by atoms with Gasteiger partial charge in [0.05, 0.1) is 12.6 Å². The lowest BCUT2D eigenvalue weighted by atomic mass is 10.3. The molecule has 0 atom stereocenters. The number of methoxy groups -OCH3 is 1. The van der Waals surface area contributed by atoms with Gasteiger partial charge < -0.3 is 9.72 Å². The van der Waals surface area contributed by atoms with Crippen molar-refractivity contribution in [2.24, 2.45) is 0 Å². The summed E-state index contributed by atoms with van der Waals surface area (Å²) >= 11 is 4.25. The number of nitrogens with zero attached hydrogens (tertiary/aromatic N) is 1. The van der Waals surface area contributed by atoms with Gasteiger partial charge in [-0.1, -0.05) is 6.07 Å². The standard InChI is InChI=1S/C9H9N3O2S/c1-14-9(13)12-8-10-5-3-2-4-6(15)7(5)11-8/h2-4,15H,1H3,(H2,10,11,12,13). The van der Waals surface area contributed by atoms with Crippen LogP contribution in [-0.4, -0.2) is 23.2 Å². The Kier molecular flexibility index (Phi) is 2.51. The molecule has 2 N–H and O–H groups in total. The molecule has 0 saturated heterocycles. The Morgan fingerprint density at radius 3 is 3.07 bits per heavy atom. The van der Waals surface area contributed by atoms with E-state index in [9.17, 15) is 4.79 Å². The highest BCUT2D eigenvalue weighted by Gasteiger charge is 2.07. The number of hydrogen-bond acceptors (Lipinski definition) is 4. The van der Waals surface area contributed by atoms with Gasteiger partial charge in [-0.15, -0.1) is 12.6 Å². The normalized spacial score (nSPS) is 10.3. The second kappa shape index (κ2) is 3.82. The summed E-state index contributed by atoms with van der Waals surface area (Å²) in [5, 5.41) is 2.45. The van der Waals surface area contributed by atoms with Gasteiger partial charge in [-0.2, -0.15) is 0 Å². The zero-order chi connectivity index (χ0) is 10.8. The van der Waals surface area contributed by atoms with E-state index in [0.717, 1.165) is 10.4 Å². The van der Waals surface area contributed by atoms with E-state index in [0.29, 0.717) is 11.5 Å². The van der Waals surface area contributed by atoms with Crippen LogP contribution in [0.25, 0.3) is 11.0 Å². The number of hydrogen-bond donors (Lipinski definition) is 3. The first-order valence-electron chi connectivity index (χ1n) is 4.23. The summed E-state index contributed by atoms with van der Waals surface area (Å²) < 4.78 is 4.45. The number of anilines is 1. The highest BCUT2D eigenvalue weighted by Crippen LogP contribution is 2.20. The van der Waals surface area contributed by atoms with Gasteiger partial charge in [-0.05, 0) is 12.1 Å². The van der Waals surface area contributed by atoms with E-state index in [1.54, 1.807) is 0 Å². The zero-order valence-electron chi connectivity index (χ0n) is 7.94. The van der Waals surface area contributed by atoms with Gasteiger partial charge in [0.15, 0.2) is 0 Å². The van der Waals surface area contributed by atoms with Crippen LogP contribution in [0.5, 0.6) is 0 Å². The molecule has 1 heterocycles. The van der Waals surface area contributed by atoms with E-state index in [-0.39, 0.29) is 0 Å². The fourth-order valence-electron chi connectivity index (χ4n) is 1.22. The number of thiol groups is 1. The number of carbonyl (C=O) groups is 1. The van der Waals surface area contributed by atoms with E-state index in [1.807, 2.05) is 18.2 Å². The molecule has 1 aromatic heterocycles. The number of para-hydroxylation sites is 1. The van der Waals surface area contributed by atoms with Crippen molar-refractivity contribution in [2.75, 3.05) is 12.4 Å². The van der Waals surface area contributed by atoms with Gasteiger partial charge >= 0.3 is 6.09 Å². The van der Waals surface area contributed by atoms with Crippen LogP contribution in [0.2, 0.25) is 0 Å². The minimum Gasteiger partial charge on any atom is -0.453 e. The second-order valence-corrected chi connectivity index (χ2v) is 3.36. The number of imidazole rings is 1. The minimum atomic E-state index is -0.560. The molecule has 1 aromatic carbocycles. The third-order valence-corrected chi connectivity index (χ3v) is 2.26. The average molecular weight is 223 g/mol. The first-order chi connectivity index (χ1) is 7.20. The van der Waals surface area contributed by atoms with Crippen LogP contribution in [0, 0.1) is 0 Å². The largest absolute Gasteiger partial charge is 0.453 e. The summed E-state index contributed by atoms with van der Waals surface area (Å²) in [5.41, 5.74) is 1.53. The van der Waals surface area contributed by atoms with Crippen LogP contribution in [0.1, 0.15) is 0 Å². The van der Waals surface area contributed by atoms with Crippen molar-refractivity contribution in [1.82, 2.24) is 9.97 Å². The molecule has 0 aliphatic carbocycles. The molecule has 0 spiro atoms. The lowest BCUT2D eigenvalue weighted by Gasteiger charge is -1.96. The average Bonchev–Trinajstić information content (AvgIpc) is 2.62. The summed E-state index contributed by atoms with van der Waals surface area (Å²) in [5.74, 6) is 0.346. The molecule has 2 aromatic rings. The van der Waals surface area contributed by atoms with Crippen molar-refractivity contribution in [3.8, 4) is 0 Å². The molecule has 5 nitrogen and oxygen atoms in total. The molecule has 0 radical (unpaired) electrons. The van der Waals surface area contributed by atoms with E-state index in [4.69, 9.17) is 0 Å². The van der Waals surface area contributed by atoms with Gasteiger partial charge in [0.25, 0.3) is 0 Å². The van der Waals surface area contributed by atoms with Crippen LogP contribution < -0.4 is 5.32 Å². The molecule has 0 aliphatic heterocycles. The van der Waals surface area contributed by atoms with E-state index in [1.165, 1.54) is 7.11 Å². The van der Waals surface area contributed by atoms with E-state index < -0.39 is 6.09 Å². The monoisotopic (exact) mass is 223 g/mol. The molecule has 78 valence electrons. The summed E-state index contributed by atoms with van der Waals surface area (Å²) in [7, 11) is 1.29. The fraction of sp³-hybridized carbons (Fsp3) is 0.111. The van der Waals surface area contributed by atoms with Crippen molar-refractivity contribution in [3.05, 3.63) is 18.2 Å². The van der Waals surface area contributed by atoms with Crippen molar-refractivity contribution in [1.29, 1.82) is 0 Å². The Morgan fingerprint density at radius 2 is 2.40 bits per heavy atom. The second-order valence-electron chi connectivity index (χ2n) is 2.88. The predicted molar refractivity (Wildman–Crippen MR) is 59.4 cm³/mol. The number of fused-ring (bicyclic) bond motifs is 1. The number of carbonyl (C=O) groups excluding carboxylic acids is 1. The Morgan fingerprint density at radius 1 is 1.60 bits per heavy atom. The van der Waals surface area contributed by atoms with Crippen LogP contribution >= 0.6 is 12.6 Å². The Balaban J connectivity index is 2.39. The number of rotatable bonds is 1. The minimum absolute atomic E-state index is 0.346. The molecule has 1 amide bonds. The van der Waals surface area contributed by atoms with E-state index in [2.05, 4.69) is 32.7 Å². The van der Waals surface area contributed by atoms with Crippen LogP contribution in [0.3, 0.4) is 0 Å². The van der Waals surface area contributed by atoms with Crippen molar-refractivity contribution < 1.29 is 9.53 Å². The highest BCUT2D eigenvalue weighted by molar-refractivity contribution is 7.80. The maximum atomic E-state index is 10.9. The Hall–Kier alpha value is -1.69. The number of aromatic amines is 1. The number of ether oxygens (including phenoxy) is 1. The molecule has 15 heavy (non-hydrogen) atoms. The lowest BCUT2D eigenvalue weighted by Crippen LogP contribution is -2.11. The van der Waals surface area contributed by atoms with E-state index >= 15 is 0 Å². The third kappa shape index (κ3) is 1.89. The summed E-state index contributed by atoms with van der Waals surface area (Å²) in [6.07, 6.45) is -0.560. The molecule has 0 aliphatic rings. The summed E-state index contributed by atoms with van der Waals surface area (Å²) in [6.45, 7) is 0. The molecular weight excluding hydrogens is 214 g/mol. The maximum Gasteiger partial charge on any atom is 0.413 e. The van der Waals surface area contributed by atoms with Crippen LogP contribution in [0.15, 0.2) is 23.1 Å². The molecule has 6 heteroatoms. The number of benzene rings is 1. The summed E-state index contributed by atoms with van der Waals surface area (Å²) in [4.78, 5) is 18.8. The molecule has 0 bridgehead atoms. The Bertz CT molecular complexity index is 509. The molecular formula is C9H9N3O2S. The van der Waals surface area contributed by atoms with Gasteiger partial charge in [0, 0.05) is 4.90 Å². The quantitative estimate of drug-likeness (QED) is 0.648. The highest BCUT2D eigenvalue weighted by atomic mass is 32.1. The van der Waals surface area contributed by atoms with Gasteiger partial charge in [0.2, 0.25) is 5.95 Å².